The Bertz CT molecular complexity index is 441. The summed E-state index contributed by atoms with van der Waals surface area (Å²) in [5, 5.41) is 14.4. The molecule has 6 heteroatoms. The van der Waals surface area contributed by atoms with Crippen molar-refractivity contribution >= 4 is 16.3 Å². The first-order chi connectivity index (χ1) is 9.56. The molecular weight excluding hydrogens is 274 g/mol. The predicted octanol–water partition coefficient (Wildman–Crippen LogP) is 2.87. The molecule has 5 nitrogen and oxygen atoms in total. The standard InChI is InChI=1S/C14H23N3O2S/c1-11(2)16(9-12-5-7-15-8-6-12)10-13-3-4-14(20-13)17(18)19/h3-4,11-12,15H,5-10H2,1-2H3. The van der Waals surface area contributed by atoms with E-state index >= 15 is 0 Å². The largest absolute Gasteiger partial charge is 0.324 e. The van der Waals surface area contributed by atoms with E-state index in [1.807, 2.05) is 6.07 Å². The molecule has 1 aliphatic heterocycles. The number of nitro groups is 1. The van der Waals surface area contributed by atoms with Gasteiger partial charge in [-0.05, 0) is 51.8 Å². The molecule has 1 aromatic rings. The maximum atomic E-state index is 10.7. The lowest BCUT2D eigenvalue weighted by Gasteiger charge is -2.32. The Morgan fingerprint density at radius 2 is 2.15 bits per heavy atom. The van der Waals surface area contributed by atoms with Crippen LogP contribution < -0.4 is 5.32 Å². The molecule has 20 heavy (non-hydrogen) atoms. The Kier molecular flexibility index (Phi) is 5.51. The Hall–Kier alpha value is -0.980. The summed E-state index contributed by atoms with van der Waals surface area (Å²) in [5.41, 5.74) is 0. The van der Waals surface area contributed by atoms with E-state index in [1.54, 1.807) is 6.07 Å². The van der Waals surface area contributed by atoms with Crippen molar-refractivity contribution < 1.29 is 4.92 Å². The normalized spacial score (nSPS) is 17.0. The lowest BCUT2D eigenvalue weighted by molar-refractivity contribution is -0.380. The predicted molar refractivity (Wildman–Crippen MR) is 82.1 cm³/mol. The van der Waals surface area contributed by atoms with Gasteiger partial charge in [0.1, 0.15) is 0 Å². The minimum absolute atomic E-state index is 0.241. The van der Waals surface area contributed by atoms with Gasteiger partial charge in [-0.2, -0.15) is 0 Å². The third kappa shape index (κ3) is 4.26. The van der Waals surface area contributed by atoms with E-state index in [0.717, 1.165) is 37.0 Å². The summed E-state index contributed by atoms with van der Waals surface area (Å²) in [6.07, 6.45) is 2.46. The van der Waals surface area contributed by atoms with Gasteiger partial charge in [-0.1, -0.05) is 11.3 Å². The second-order valence-electron chi connectivity index (χ2n) is 5.71. The highest BCUT2D eigenvalue weighted by atomic mass is 32.1. The summed E-state index contributed by atoms with van der Waals surface area (Å²) in [5.74, 6) is 0.744. The van der Waals surface area contributed by atoms with Crippen LogP contribution in [0.5, 0.6) is 0 Å². The molecule has 1 fully saturated rings. The molecule has 1 N–H and O–H groups in total. The molecule has 0 unspecified atom stereocenters. The van der Waals surface area contributed by atoms with Crippen molar-refractivity contribution in [3.05, 3.63) is 27.1 Å². The van der Waals surface area contributed by atoms with Crippen LogP contribution in [0, 0.1) is 16.0 Å². The van der Waals surface area contributed by atoms with E-state index in [0.29, 0.717) is 6.04 Å². The van der Waals surface area contributed by atoms with E-state index < -0.39 is 0 Å². The lowest BCUT2D eigenvalue weighted by atomic mass is 9.97. The molecule has 1 aliphatic rings. The van der Waals surface area contributed by atoms with Crippen LogP contribution in [0.2, 0.25) is 0 Å². The summed E-state index contributed by atoms with van der Waals surface area (Å²) in [7, 11) is 0. The van der Waals surface area contributed by atoms with Gasteiger partial charge in [-0.25, -0.2) is 0 Å². The quantitative estimate of drug-likeness (QED) is 0.648. The number of nitrogens with one attached hydrogen (secondary N) is 1. The fraction of sp³-hybridized carbons (Fsp3) is 0.714. The van der Waals surface area contributed by atoms with Gasteiger partial charge in [0, 0.05) is 30.1 Å². The van der Waals surface area contributed by atoms with Crippen LogP contribution in [-0.4, -0.2) is 35.5 Å². The maximum absolute atomic E-state index is 10.7. The average Bonchev–Trinajstić information content (AvgIpc) is 2.88. The van der Waals surface area contributed by atoms with Gasteiger partial charge >= 0.3 is 5.00 Å². The minimum atomic E-state index is -0.305. The van der Waals surface area contributed by atoms with Crippen LogP contribution in [0.4, 0.5) is 5.00 Å². The van der Waals surface area contributed by atoms with Gasteiger partial charge in [-0.3, -0.25) is 15.0 Å². The highest BCUT2D eigenvalue weighted by Crippen LogP contribution is 2.26. The molecule has 0 spiro atoms. The zero-order valence-electron chi connectivity index (χ0n) is 12.2. The fourth-order valence-electron chi connectivity index (χ4n) is 2.60. The van der Waals surface area contributed by atoms with Crippen LogP contribution in [0.1, 0.15) is 31.6 Å². The molecule has 0 saturated carbocycles. The molecule has 1 aromatic heterocycles. The van der Waals surface area contributed by atoms with E-state index in [2.05, 4.69) is 24.1 Å². The van der Waals surface area contributed by atoms with Crippen molar-refractivity contribution in [3.8, 4) is 0 Å². The number of piperidine rings is 1. The number of rotatable bonds is 6. The smallest absolute Gasteiger partial charge is 0.317 e. The molecule has 0 radical (unpaired) electrons. The maximum Gasteiger partial charge on any atom is 0.324 e. The Morgan fingerprint density at radius 3 is 2.70 bits per heavy atom. The molecule has 0 aromatic carbocycles. The second-order valence-corrected chi connectivity index (χ2v) is 6.86. The highest BCUT2D eigenvalue weighted by molar-refractivity contribution is 7.15. The van der Waals surface area contributed by atoms with Gasteiger partial charge in [0.25, 0.3) is 0 Å². The molecule has 0 bridgehead atoms. The third-order valence-electron chi connectivity index (χ3n) is 3.87. The van der Waals surface area contributed by atoms with Crippen molar-refractivity contribution in [1.29, 1.82) is 0 Å². The van der Waals surface area contributed by atoms with Crippen molar-refractivity contribution in [1.82, 2.24) is 10.2 Å². The Labute approximate surface area is 124 Å². The second kappa shape index (κ2) is 7.15. The van der Waals surface area contributed by atoms with Crippen molar-refractivity contribution in [2.45, 2.75) is 39.3 Å². The zero-order valence-corrected chi connectivity index (χ0v) is 13.0. The van der Waals surface area contributed by atoms with Gasteiger partial charge in [0.05, 0.1) is 4.92 Å². The molecule has 0 amide bonds. The van der Waals surface area contributed by atoms with Gasteiger partial charge in [0.2, 0.25) is 0 Å². The van der Waals surface area contributed by atoms with Crippen LogP contribution in [0.3, 0.4) is 0 Å². The topological polar surface area (TPSA) is 58.4 Å². The molecule has 2 heterocycles. The molecule has 112 valence electrons. The molecular formula is C14H23N3O2S. The number of hydrogen-bond acceptors (Lipinski definition) is 5. The van der Waals surface area contributed by atoms with Crippen molar-refractivity contribution in [2.24, 2.45) is 5.92 Å². The molecule has 1 saturated heterocycles. The SMILES string of the molecule is CC(C)N(Cc1ccc([N+](=O)[O-])s1)CC1CCNCC1. The van der Waals surface area contributed by atoms with E-state index in [9.17, 15) is 10.1 Å². The lowest BCUT2D eigenvalue weighted by Crippen LogP contribution is -2.38. The summed E-state index contributed by atoms with van der Waals surface area (Å²) in [6.45, 7) is 8.53. The van der Waals surface area contributed by atoms with Crippen LogP contribution >= 0.6 is 11.3 Å². The molecule has 0 aliphatic carbocycles. The highest BCUT2D eigenvalue weighted by Gasteiger charge is 2.20. The van der Waals surface area contributed by atoms with Crippen molar-refractivity contribution in [2.75, 3.05) is 19.6 Å². The van der Waals surface area contributed by atoms with Gasteiger partial charge in [-0.15, -0.1) is 0 Å². The van der Waals surface area contributed by atoms with E-state index in [1.165, 1.54) is 24.2 Å². The number of hydrogen-bond donors (Lipinski definition) is 1. The number of thiophene rings is 1. The summed E-state index contributed by atoms with van der Waals surface area (Å²) in [6, 6.07) is 3.97. The summed E-state index contributed by atoms with van der Waals surface area (Å²) in [4.78, 5) is 14.0. The van der Waals surface area contributed by atoms with Gasteiger partial charge in [0.15, 0.2) is 0 Å². The number of nitrogens with zero attached hydrogens (tertiary/aromatic N) is 2. The Morgan fingerprint density at radius 1 is 1.45 bits per heavy atom. The van der Waals surface area contributed by atoms with Crippen LogP contribution in [-0.2, 0) is 6.54 Å². The zero-order chi connectivity index (χ0) is 14.5. The first-order valence-corrected chi connectivity index (χ1v) is 8.05. The van der Waals surface area contributed by atoms with Crippen molar-refractivity contribution in [3.63, 3.8) is 0 Å². The molecule has 2 rings (SSSR count). The fourth-order valence-corrected chi connectivity index (χ4v) is 3.45. The first kappa shape index (κ1) is 15.4. The minimum Gasteiger partial charge on any atom is -0.317 e. The van der Waals surface area contributed by atoms with Gasteiger partial charge < -0.3 is 5.32 Å². The van der Waals surface area contributed by atoms with Crippen LogP contribution in [0.25, 0.3) is 0 Å². The van der Waals surface area contributed by atoms with E-state index in [4.69, 9.17) is 0 Å². The monoisotopic (exact) mass is 297 g/mol. The summed E-state index contributed by atoms with van der Waals surface area (Å²) >= 11 is 1.30. The van der Waals surface area contributed by atoms with Crippen LogP contribution in [0.15, 0.2) is 12.1 Å². The third-order valence-corrected chi connectivity index (χ3v) is 4.89. The van der Waals surface area contributed by atoms with E-state index in [-0.39, 0.29) is 9.92 Å². The molecule has 0 atom stereocenters. The first-order valence-electron chi connectivity index (χ1n) is 7.24. The Balaban J connectivity index is 1.95. The summed E-state index contributed by atoms with van der Waals surface area (Å²) < 4.78 is 0. The average molecular weight is 297 g/mol.